The van der Waals surface area contributed by atoms with E-state index >= 15 is 0 Å². The molecule has 0 radical (unpaired) electrons. The summed E-state index contributed by atoms with van der Waals surface area (Å²) in [6.07, 6.45) is 1.49. The summed E-state index contributed by atoms with van der Waals surface area (Å²) in [5.41, 5.74) is 5.51. The number of nitrogens with one attached hydrogen (secondary N) is 1. The van der Waals surface area contributed by atoms with E-state index in [2.05, 4.69) is 10.5 Å². The molecule has 0 atom stereocenters. The first-order chi connectivity index (χ1) is 16.0. The number of aryl methyl sites for hydroxylation is 2. The average Bonchev–Trinajstić information content (AvgIpc) is 3.29. The molecule has 0 aromatic heterocycles. The van der Waals surface area contributed by atoms with E-state index in [1.54, 1.807) is 42.5 Å². The van der Waals surface area contributed by atoms with Gasteiger partial charge in [0.15, 0.2) is 18.1 Å². The lowest BCUT2D eigenvalue weighted by Crippen LogP contribution is -2.24. The van der Waals surface area contributed by atoms with Crippen LogP contribution >= 0.6 is 0 Å². The van der Waals surface area contributed by atoms with E-state index < -0.39 is 5.97 Å². The molecule has 0 aliphatic carbocycles. The number of nitrogens with zero attached hydrogens (tertiary/aromatic N) is 1. The van der Waals surface area contributed by atoms with Gasteiger partial charge < -0.3 is 18.9 Å². The van der Waals surface area contributed by atoms with Gasteiger partial charge >= 0.3 is 5.97 Å². The van der Waals surface area contributed by atoms with Crippen LogP contribution in [0.4, 0.5) is 0 Å². The second-order valence-electron chi connectivity index (χ2n) is 7.38. The van der Waals surface area contributed by atoms with Gasteiger partial charge in [-0.1, -0.05) is 12.1 Å². The molecule has 0 fully saturated rings. The monoisotopic (exact) mass is 446 g/mol. The third kappa shape index (κ3) is 5.68. The Labute approximate surface area is 190 Å². The second kappa shape index (κ2) is 9.86. The topological polar surface area (TPSA) is 95.5 Å². The number of hydrogen-bond acceptors (Lipinski definition) is 7. The predicted octanol–water partition coefficient (Wildman–Crippen LogP) is 3.78. The van der Waals surface area contributed by atoms with Crippen molar-refractivity contribution in [2.24, 2.45) is 5.10 Å². The minimum atomic E-state index is -0.508. The summed E-state index contributed by atoms with van der Waals surface area (Å²) >= 11 is 0. The highest BCUT2D eigenvalue weighted by molar-refractivity contribution is 5.92. The van der Waals surface area contributed by atoms with Crippen molar-refractivity contribution in [3.8, 4) is 23.0 Å². The van der Waals surface area contributed by atoms with Crippen LogP contribution in [0.25, 0.3) is 0 Å². The van der Waals surface area contributed by atoms with Crippen molar-refractivity contribution < 1.29 is 28.5 Å². The highest BCUT2D eigenvalue weighted by Crippen LogP contribution is 2.32. The molecule has 3 aromatic carbocycles. The van der Waals surface area contributed by atoms with Gasteiger partial charge in [0, 0.05) is 0 Å². The number of esters is 1. The minimum absolute atomic E-state index is 0.136. The zero-order chi connectivity index (χ0) is 23.2. The van der Waals surface area contributed by atoms with Crippen molar-refractivity contribution in [1.29, 1.82) is 0 Å². The number of carbonyl (C=O) groups excluding carboxylic acids is 2. The van der Waals surface area contributed by atoms with Crippen LogP contribution < -0.4 is 24.4 Å². The standard InChI is InChI=1S/C25H22N2O6/c1-16-3-4-17(2)22(11-16)30-14-24(28)27-26-13-18-5-8-20(9-6-18)33-25(29)19-7-10-21-23(12-19)32-15-31-21/h3-13H,14-15H2,1-2H3,(H,27,28). The Kier molecular flexibility index (Phi) is 6.54. The lowest BCUT2D eigenvalue weighted by Gasteiger charge is -2.08. The highest BCUT2D eigenvalue weighted by atomic mass is 16.7. The molecular weight excluding hydrogens is 424 g/mol. The number of amides is 1. The van der Waals surface area contributed by atoms with Gasteiger partial charge in [0.25, 0.3) is 5.91 Å². The number of fused-ring (bicyclic) bond motifs is 1. The maximum atomic E-state index is 12.3. The van der Waals surface area contributed by atoms with Gasteiger partial charge in [-0.25, -0.2) is 10.2 Å². The Morgan fingerprint density at radius 2 is 1.79 bits per heavy atom. The molecule has 3 aromatic rings. The summed E-state index contributed by atoms with van der Waals surface area (Å²) in [5.74, 6) is 1.27. The van der Waals surface area contributed by atoms with E-state index in [-0.39, 0.29) is 19.3 Å². The van der Waals surface area contributed by atoms with E-state index in [0.717, 1.165) is 11.1 Å². The third-order valence-corrected chi connectivity index (χ3v) is 4.80. The van der Waals surface area contributed by atoms with Crippen LogP contribution in [-0.4, -0.2) is 31.5 Å². The SMILES string of the molecule is Cc1ccc(C)c(OCC(=O)NN=Cc2ccc(OC(=O)c3ccc4c(c3)OCO4)cc2)c1. The molecule has 1 N–H and O–H groups in total. The highest BCUT2D eigenvalue weighted by Gasteiger charge is 2.17. The summed E-state index contributed by atoms with van der Waals surface area (Å²) in [4.78, 5) is 24.3. The molecular formula is C25H22N2O6. The number of hydrogen-bond donors (Lipinski definition) is 1. The van der Waals surface area contributed by atoms with E-state index in [1.165, 1.54) is 6.21 Å². The van der Waals surface area contributed by atoms with Crippen LogP contribution in [-0.2, 0) is 4.79 Å². The molecule has 33 heavy (non-hydrogen) atoms. The average molecular weight is 446 g/mol. The first-order valence-corrected chi connectivity index (χ1v) is 10.2. The first kappa shape index (κ1) is 21.9. The molecule has 4 rings (SSSR count). The zero-order valence-corrected chi connectivity index (χ0v) is 18.2. The van der Waals surface area contributed by atoms with Crippen LogP contribution in [0, 0.1) is 13.8 Å². The number of carbonyl (C=O) groups is 2. The molecule has 0 unspecified atom stereocenters. The lowest BCUT2D eigenvalue weighted by molar-refractivity contribution is -0.123. The van der Waals surface area contributed by atoms with Crippen molar-refractivity contribution in [1.82, 2.24) is 5.43 Å². The van der Waals surface area contributed by atoms with Crippen LogP contribution in [0.5, 0.6) is 23.0 Å². The van der Waals surface area contributed by atoms with Crippen molar-refractivity contribution in [2.75, 3.05) is 13.4 Å². The normalized spacial score (nSPS) is 11.9. The number of ether oxygens (including phenoxy) is 4. The smallest absolute Gasteiger partial charge is 0.343 e. The fourth-order valence-electron chi connectivity index (χ4n) is 3.03. The van der Waals surface area contributed by atoms with Crippen molar-refractivity contribution in [3.63, 3.8) is 0 Å². The van der Waals surface area contributed by atoms with Gasteiger partial charge in [0.05, 0.1) is 11.8 Å². The van der Waals surface area contributed by atoms with Crippen LogP contribution in [0.2, 0.25) is 0 Å². The van der Waals surface area contributed by atoms with Crippen molar-refractivity contribution in [2.45, 2.75) is 13.8 Å². The van der Waals surface area contributed by atoms with Gasteiger partial charge in [-0.15, -0.1) is 0 Å². The Morgan fingerprint density at radius 1 is 1.00 bits per heavy atom. The molecule has 0 saturated heterocycles. The summed E-state index contributed by atoms with van der Waals surface area (Å²) in [6, 6.07) is 17.4. The number of benzene rings is 3. The fraction of sp³-hybridized carbons (Fsp3) is 0.160. The van der Waals surface area contributed by atoms with Crippen LogP contribution in [0.1, 0.15) is 27.0 Å². The van der Waals surface area contributed by atoms with Crippen molar-refractivity contribution >= 4 is 18.1 Å². The molecule has 0 spiro atoms. The molecule has 1 amide bonds. The van der Waals surface area contributed by atoms with E-state index in [1.807, 2.05) is 32.0 Å². The number of rotatable bonds is 7. The Balaban J connectivity index is 1.26. The van der Waals surface area contributed by atoms with Gasteiger partial charge in [-0.3, -0.25) is 4.79 Å². The summed E-state index contributed by atoms with van der Waals surface area (Å²) in [6.45, 7) is 3.87. The molecule has 1 heterocycles. The van der Waals surface area contributed by atoms with Gasteiger partial charge in [0.2, 0.25) is 6.79 Å². The minimum Gasteiger partial charge on any atom is -0.483 e. The maximum absolute atomic E-state index is 12.3. The van der Waals surface area contributed by atoms with Crippen LogP contribution in [0.3, 0.4) is 0 Å². The third-order valence-electron chi connectivity index (χ3n) is 4.80. The molecule has 0 bridgehead atoms. The molecule has 0 saturated carbocycles. The number of hydrazone groups is 1. The first-order valence-electron chi connectivity index (χ1n) is 10.2. The molecule has 8 nitrogen and oxygen atoms in total. The molecule has 1 aliphatic rings. The molecule has 168 valence electrons. The Hall–Kier alpha value is -4.33. The summed E-state index contributed by atoms with van der Waals surface area (Å²) < 4.78 is 21.4. The Morgan fingerprint density at radius 3 is 2.61 bits per heavy atom. The molecule has 1 aliphatic heterocycles. The summed E-state index contributed by atoms with van der Waals surface area (Å²) in [7, 11) is 0. The zero-order valence-electron chi connectivity index (χ0n) is 18.2. The second-order valence-corrected chi connectivity index (χ2v) is 7.38. The lowest BCUT2D eigenvalue weighted by atomic mass is 10.1. The quantitative estimate of drug-likeness (QED) is 0.257. The van der Waals surface area contributed by atoms with Crippen LogP contribution in [0.15, 0.2) is 65.8 Å². The van der Waals surface area contributed by atoms with E-state index in [0.29, 0.717) is 34.1 Å². The summed E-state index contributed by atoms with van der Waals surface area (Å²) in [5, 5.41) is 3.93. The maximum Gasteiger partial charge on any atom is 0.343 e. The molecule has 8 heteroatoms. The van der Waals surface area contributed by atoms with Gasteiger partial charge in [0.1, 0.15) is 11.5 Å². The van der Waals surface area contributed by atoms with Gasteiger partial charge in [-0.05, 0) is 79.1 Å². The van der Waals surface area contributed by atoms with E-state index in [4.69, 9.17) is 18.9 Å². The van der Waals surface area contributed by atoms with Crippen molar-refractivity contribution in [3.05, 3.63) is 82.9 Å². The van der Waals surface area contributed by atoms with Gasteiger partial charge in [-0.2, -0.15) is 5.10 Å². The van der Waals surface area contributed by atoms with E-state index in [9.17, 15) is 9.59 Å². The fourth-order valence-corrected chi connectivity index (χ4v) is 3.03. The predicted molar refractivity (Wildman–Crippen MR) is 121 cm³/mol. The Bertz CT molecular complexity index is 1200. The largest absolute Gasteiger partial charge is 0.483 e.